The molecule has 0 radical (unpaired) electrons. The van der Waals surface area contributed by atoms with E-state index < -0.39 is 23.4 Å². The molecule has 11 heteroatoms. The largest absolute Gasteiger partial charge is 0.547 e. The number of nitrogens with zero attached hydrogens (tertiary/aromatic N) is 1. The maximum absolute atomic E-state index is 12.5. The number of carboxylic acids is 1. The second-order valence-electron chi connectivity index (χ2n) is 5.67. The lowest BCUT2D eigenvalue weighted by atomic mass is 10.0. The second kappa shape index (κ2) is 8.61. The number of esters is 1. The number of carboxylic acid groups (broad SMARTS) is 1. The molecule has 1 unspecified atom stereocenters. The van der Waals surface area contributed by atoms with Crippen molar-refractivity contribution in [2.24, 2.45) is 0 Å². The quantitative estimate of drug-likeness (QED) is 0.233. The van der Waals surface area contributed by atoms with Crippen LogP contribution in [0.3, 0.4) is 0 Å². The summed E-state index contributed by atoms with van der Waals surface area (Å²) < 4.78 is 5.59. The number of thioether (sulfide) groups is 1. The van der Waals surface area contributed by atoms with E-state index >= 15 is 0 Å². The zero-order valence-corrected chi connectivity index (χ0v) is 17.6. The van der Waals surface area contributed by atoms with Crippen molar-refractivity contribution >= 4 is 69.4 Å². The van der Waals surface area contributed by atoms with Gasteiger partial charge in [0.15, 0.2) is 0 Å². The van der Waals surface area contributed by atoms with Gasteiger partial charge < -0.3 is 24.9 Å². The van der Waals surface area contributed by atoms with Crippen LogP contribution in [-0.4, -0.2) is 51.1 Å². The van der Waals surface area contributed by atoms with Crippen molar-refractivity contribution < 1.29 is 29.0 Å². The molecule has 2 aliphatic rings. The summed E-state index contributed by atoms with van der Waals surface area (Å²) in [6.45, 7) is 0.0844. The van der Waals surface area contributed by atoms with Crippen LogP contribution >= 0.6 is 45.7 Å². The van der Waals surface area contributed by atoms with E-state index in [9.17, 15) is 24.3 Å². The highest BCUT2D eigenvalue weighted by atomic mass is 127. The van der Waals surface area contributed by atoms with Gasteiger partial charge >= 0.3 is 5.97 Å². The number of amides is 2. The zero-order valence-electron chi connectivity index (χ0n) is 13.8. The number of aliphatic carboxylic acids is 1. The fourth-order valence-corrected chi connectivity index (χ4v) is 5.03. The summed E-state index contributed by atoms with van der Waals surface area (Å²) in [7, 11) is 0. The van der Waals surface area contributed by atoms with Gasteiger partial charge in [-0.3, -0.25) is 9.59 Å². The van der Waals surface area contributed by atoms with Crippen molar-refractivity contribution in [2.45, 2.75) is 24.3 Å². The van der Waals surface area contributed by atoms with Crippen molar-refractivity contribution in [3.63, 3.8) is 0 Å². The highest BCUT2D eigenvalue weighted by Gasteiger charge is 2.50. The van der Waals surface area contributed by atoms with Crippen molar-refractivity contribution in [1.29, 1.82) is 0 Å². The lowest BCUT2D eigenvalue weighted by Crippen LogP contribution is -2.65. The van der Waals surface area contributed by atoms with Crippen LogP contribution in [0.4, 0.5) is 0 Å². The Morgan fingerprint density at radius 2 is 2.19 bits per heavy atom. The van der Waals surface area contributed by atoms with Crippen LogP contribution in [0.2, 0.25) is 0 Å². The molecule has 1 aromatic heterocycles. The summed E-state index contributed by atoms with van der Waals surface area (Å²) in [4.78, 5) is 50.3. The topological polar surface area (TPSA) is 116 Å². The van der Waals surface area contributed by atoms with Crippen molar-refractivity contribution in [3.05, 3.63) is 33.0 Å². The number of hydrogen-bond acceptors (Lipinski definition) is 8. The van der Waals surface area contributed by atoms with Gasteiger partial charge in [0.1, 0.15) is 12.6 Å². The first-order valence-electron chi connectivity index (χ1n) is 7.90. The van der Waals surface area contributed by atoms with Gasteiger partial charge in [-0.2, -0.15) is 0 Å². The molecule has 2 atom stereocenters. The van der Waals surface area contributed by atoms with Crippen LogP contribution in [0.1, 0.15) is 11.3 Å². The molecule has 2 amide bonds. The average Bonchev–Trinajstić information content (AvgIpc) is 3.10. The molecule has 0 aromatic carbocycles. The number of thiophene rings is 1. The van der Waals surface area contributed by atoms with Gasteiger partial charge in [-0.25, -0.2) is 4.79 Å². The molecule has 8 nitrogen and oxygen atoms in total. The third kappa shape index (κ3) is 4.29. The van der Waals surface area contributed by atoms with Gasteiger partial charge in [0.2, 0.25) is 11.8 Å². The van der Waals surface area contributed by atoms with Crippen LogP contribution in [0.25, 0.3) is 0 Å². The third-order valence-corrected chi connectivity index (χ3v) is 6.46. The van der Waals surface area contributed by atoms with E-state index in [4.69, 9.17) is 4.74 Å². The maximum Gasteiger partial charge on any atom is 0.339 e. The van der Waals surface area contributed by atoms with Crippen LogP contribution in [0, 0.1) is 0 Å². The molecule has 0 saturated carbocycles. The summed E-state index contributed by atoms with van der Waals surface area (Å²) in [6.07, 6.45) is 0.232. The number of rotatable bonds is 7. The Morgan fingerprint density at radius 3 is 2.78 bits per heavy atom. The standard InChI is InChI=1S/C16H15IN2O6S2/c17-3-4-25-16(24)12-13(15(22)23)19-10(21)7-11(19)27-14(12)18-9(20)6-8-2-1-5-26-8/h1-2,5,11,13H,3-4,6-7H2,(H,18,20)(H,22,23)/p-1/t11-,13?/m1/s1. The number of carbonyl (C=O) groups is 4. The second-order valence-corrected chi connectivity index (χ2v) is 8.97. The summed E-state index contributed by atoms with van der Waals surface area (Å²) in [5, 5.41) is 15.8. The Labute approximate surface area is 176 Å². The number of fused-ring (bicyclic) bond motifs is 1. The molecule has 0 bridgehead atoms. The molecule has 1 aromatic rings. The normalized spacial score (nSPS) is 21.4. The van der Waals surface area contributed by atoms with Crippen molar-refractivity contribution in [3.8, 4) is 0 Å². The van der Waals surface area contributed by atoms with E-state index in [2.05, 4.69) is 5.32 Å². The number of alkyl halides is 1. The van der Waals surface area contributed by atoms with Crippen LogP contribution in [0.15, 0.2) is 28.1 Å². The molecule has 2 aliphatic heterocycles. The molecular weight excluding hydrogens is 507 g/mol. The Morgan fingerprint density at radius 1 is 1.41 bits per heavy atom. The number of β-lactam (4-membered cyclic amide) rings is 1. The SMILES string of the molecule is O=C(Cc1cccs1)NC1=C(C(=O)OCCI)C(C(=O)[O-])N2C(=O)C[C@H]2S1. The smallest absolute Gasteiger partial charge is 0.339 e. The molecular formula is C16H14IN2O6S2-. The van der Waals surface area contributed by atoms with E-state index in [0.29, 0.717) is 4.43 Å². The van der Waals surface area contributed by atoms with Gasteiger partial charge in [-0.1, -0.05) is 40.4 Å². The lowest BCUT2D eigenvalue weighted by molar-refractivity contribution is -0.310. The van der Waals surface area contributed by atoms with E-state index in [0.717, 1.165) is 21.5 Å². The molecule has 1 fully saturated rings. The summed E-state index contributed by atoms with van der Waals surface area (Å²) in [5.41, 5.74) is -0.270. The molecule has 27 heavy (non-hydrogen) atoms. The third-order valence-electron chi connectivity index (χ3n) is 3.92. The fourth-order valence-electron chi connectivity index (χ4n) is 2.76. The van der Waals surface area contributed by atoms with Gasteiger partial charge in [-0.15, -0.1) is 11.3 Å². The number of carbonyl (C=O) groups excluding carboxylic acids is 4. The monoisotopic (exact) mass is 521 g/mol. The molecule has 0 aliphatic carbocycles. The predicted octanol–water partition coefficient (Wildman–Crippen LogP) is 0.0203. The summed E-state index contributed by atoms with van der Waals surface area (Å²) >= 11 is 4.50. The minimum absolute atomic E-state index is 0.0844. The van der Waals surface area contributed by atoms with Crippen molar-refractivity contribution in [1.82, 2.24) is 10.2 Å². The number of ether oxygens (including phenoxy) is 1. The fraction of sp³-hybridized carbons (Fsp3) is 0.375. The summed E-state index contributed by atoms with van der Waals surface area (Å²) in [6, 6.07) is 2.05. The van der Waals surface area contributed by atoms with Gasteiger partial charge in [-0.05, 0) is 11.4 Å². The van der Waals surface area contributed by atoms with Crippen LogP contribution in [-0.2, 0) is 30.3 Å². The van der Waals surface area contributed by atoms with Crippen LogP contribution < -0.4 is 10.4 Å². The highest BCUT2D eigenvalue weighted by Crippen LogP contribution is 2.43. The Kier molecular flexibility index (Phi) is 6.42. The zero-order chi connectivity index (χ0) is 19.6. The van der Waals surface area contributed by atoms with Gasteiger partial charge in [0.05, 0.1) is 34.8 Å². The minimum atomic E-state index is -1.58. The van der Waals surface area contributed by atoms with Gasteiger partial charge in [0.25, 0.3) is 0 Å². The highest BCUT2D eigenvalue weighted by molar-refractivity contribution is 14.1. The first-order valence-corrected chi connectivity index (χ1v) is 11.2. The number of nitrogens with one attached hydrogen (secondary N) is 1. The average molecular weight is 521 g/mol. The predicted molar refractivity (Wildman–Crippen MR) is 105 cm³/mol. The summed E-state index contributed by atoms with van der Waals surface area (Å²) in [5.74, 6) is -3.22. The van der Waals surface area contributed by atoms with E-state index in [1.807, 2.05) is 34.0 Å². The van der Waals surface area contributed by atoms with Gasteiger partial charge in [0, 0.05) is 9.30 Å². The first kappa shape index (κ1) is 20.1. The Bertz CT molecular complexity index is 810. The molecule has 3 rings (SSSR count). The van der Waals surface area contributed by atoms with E-state index in [1.165, 1.54) is 11.3 Å². The molecule has 1 saturated heterocycles. The van der Waals surface area contributed by atoms with E-state index in [-0.39, 0.29) is 41.9 Å². The lowest BCUT2D eigenvalue weighted by Gasteiger charge is -2.49. The first-order chi connectivity index (χ1) is 12.9. The van der Waals surface area contributed by atoms with Crippen molar-refractivity contribution in [2.75, 3.05) is 11.0 Å². The van der Waals surface area contributed by atoms with E-state index in [1.54, 1.807) is 6.07 Å². The Hall–Kier alpha value is -1.60. The number of halogens is 1. The molecule has 1 N–H and O–H groups in total. The number of hydrogen-bond donors (Lipinski definition) is 1. The molecule has 144 valence electrons. The molecule has 3 heterocycles. The van der Waals surface area contributed by atoms with Crippen LogP contribution in [0.5, 0.6) is 0 Å². The molecule has 0 spiro atoms. The maximum atomic E-state index is 12.5. The Balaban J connectivity index is 1.90. The minimum Gasteiger partial charge on any atom is -0.547 e.